The maximum Gasteiger partial charge on any atom is 0.269 e. The van der Waals surface area contributed by atoms with E-state index in [9.17, 15) is 23.6 Å². The highest BCUT2D eigenvalue weighted by molar-refractivity contribution is 7.91. The Kier molecular flexibility index (Phi) is 4.81. The van der Waals surface area contributed by atoms with E-state index in [1.54, 1.807) is 0 Å². The molecule has 0 saturated carbocycles. The molecule has 22 heavy (non-hydrogen) atoms. The van der Waals surface area contributed by atoms with Gasteiger partial charge < -0.3 is 14.6 Å². The number of hydrogen-bond acceptors (Lipinski definition) is 7. The van der Waals surface area contributed by atoms with Crippen molar-refractivity contribution >= 4 is 15.5 Å². The third-order valence-corrected chi connectivity index (χ3v) is 5.11. The predicted molar refractivity (Wildman–Crippen MR) is 77.0 cm³/mol. The largest absolute Gasteiger partial charge is 0.394 e. The Bertz CT molecular complexity index is 660. The Hall–Kier alpha value is -1.55. The summed E-state index contributed by atoms with van der Waals surface area (Å²) >= 11 is 0. The number of ether oxygens (including phenoxy) is 2. The highest BCUT2D eigenvalue weighted by atomic mass is 32.2. The van der Waals surface area contributed by atoms with Crippen LogP contribution in [0.25, 0.3) is 0 Å². The molecule has 1 heterocycles. The zero-order chi connectivity index (χ0) is 16.4. The summed E-state index contributed by atoms with van der Waals surface area (Å²) in [6.07, 6.45) is -0.675. The molecule has 1 aliphatic heterocycles. The predicted octanol–water partition coefficient (Wildman–Crippen LogP) is 0.590. The van der Waals surface area contributed by atoms with Crippen molar-refractivity contribution in [3.8, 4) is 0 Å². The number of nitrogens with zero attached hydrogens (tertiary/aromatic N) is 1. The number of aliphatic hydroxyl groups is 1. The maximum absolute atomic E-state index is 12.0. The molecule has 1 fully saturated rings. The fourth-order valence-corrected chi connectivity index (χ4v) is 3.31. The molecule has 1 aromatic rings. The van der Waals surface area contributed by atoms with Crippen LogP contribution < -0.4 is 0 Å². The molecular formula is C13H17NO7S. The van der Waals surface area contributed by atoms with E-state index in [2.05, 4.69) is 0 Å². The Balaban J connectivity index is 2.45. The summed E-state index contributed by atoms with van der Waals surface area (Å²) in [5.41, 5.74) is 0.0556. The van der Waals surface area contributed by atoms with E-state index in [0.717, 1.165) is 0 Å². The van der Waals surface area contributed by atoms with Gasteiger partial charge in [0, 0.05) is 23.4 Å². The van der Waals surface area contributed by atoms with Crippen molar-refractivity contribution in [2.45, 2.75) is 18.8 Å². The van der Waals surface area contributed by atoms with Crippen molar-refractivity contribution in [3.63, 3.8) is 0 Å². The average molecular weight is 331 g/mol. The van der Waals surface area contributed by atoms with Crippen molar-refractivity contribution < 1.29 is 27.9 Å². The van der Waals surface area contributed by atoms with Gasteiger partial charge in [0.2, 0.25) is 5.79 Å². The van der Waals surface area contributed by atoms with E-state index in [4.69, 9.17) is 9.47 Å². The first-order valence-electron chi connectivity index (χ1n) is 6.70. The normalized spacial score (nSPS) is 25.3. The first kappa shape index (κ1) is 16.8. The summed E-state index contributed by atoms with van der Waals surface area (Å²) in [6.45, 7) is 1.18. The van der Waals surface area contributed by atoms with E-state index in [1.165, 1.54) is 31.2 Å². The molecular weight excluding hydrogens is 314 g/mol. The Labute approximate surface area is 127 Å². The van der Waals surface area contributed by atoms with Gasteiger partial charge in [-0.2, -0.15) is 0 Å². The van der Waals surface area contributed by atoms with Gasteiger partial charge in [-0.1, -0.05) is 19.1 Å². The molecule has 8 nitrogen and oxygen atoms in total. The van der Waals surface area contributed by atoms with Crippen LogP contribution in [0.4, 0.5) is 5.69 Å². The minimum absolute atomic E-state index is 0.0123. The lowest BCUT2D eigenvalue weighted by atomic mass is 10.1. The number of benzene rings is 1. The standard InChI is InChI=1S/C13H17NO7S/c1-2-22(18,19)9-13(20-8-12(7-15)21-13)10-4-3-5-11(6-10)14(16)17/h3-6,12,15H,2,7-9H2,1H3/t12-,13+/m0/s1. The number of rotatable bonds is 6. The van der Waals surface area contributed by atoms with Gasteiger partial charge in [0.25, 0.3) is 5.69 Å². The van der Waals surface area contributed by atoms with Crippen molar-refractivity contribution in [2.24, 2.45) is 0 Å². The molecule has 1 saturated heterocycles. The molecule has 1 N–H and O–H groups in total. The van der Waals surface area contributed by atoms with Gasteiger partial charge >= 0.3 is 0 Å². The van der Waals surface area contributed by atoms with Crippen LogP contribution in [0.1, 0.15) is 12.5 Å². The summed E-state index contributed by atoms with van der Waals surface area (Å²) in [6, 6.07) is 5.47. The summed E-state index contributed by atoms with van der Waals surface area (Å²) in [4.78, 5) is 10.3. The molecule has 0 bridgehead atoms. The van der Waals surface area contributed by atoms with E-state index >= 15 is 0 Å². The smallest absolute Gasteiger partial charge is 0.269 e. The molecule has 0 unspecified atom stereocenters. The Morgan fingerprint density at radius 3 is 2.77 bits per heavy atom. The number of aliphatic hydroxyl groups excluding tert-OH is 1. The molecule has 0 spiro atoms. The molecule has 0 aromatic heterocycles. The third-order valence-electron chi connectivity index (χ3n) is 3.41. The van der Waals surface area contributed by atoms with Crippen LogP contribution in [0.2, 0.25) is 0 Å². The second kappa shape index (κ2) is 6.29. The van der Waals surface area contributed by atoms with Crippen LogP contribution in [0.15, 0.2) is 24.3 Å². The van der Waals surface area contributed by atoms with Crippen LogP contribution in [-0.4, -0.2) is 49.3 Å². The minimum atomic E-state index is -3.48. The van der Waals surface area contributed by atoms with Crippen LogP contribution in [0, 0.1) is 10.1 Å². The highest BCUT2D eigenvalue weighted by Crippen LogP contribution is 2.37. The van der Waals surface area contributed by atoms with Crippen LogP contribution in [0.5, 0.6) is 0 Å². The zero-order valence-corrected chi connectivity index (χ0v) is 12.8. The SMILES string of the molecule is CCS(=O)(=O)C[C@@]1(c2cccc([N+](=O)[O-])c2)OC[C@H](CO)O1. The molecule has 1 aromatic carbocycles. The first-order valence-corrected chi connectivity index (χ1v) is 8.52. The van der Waals surface area contributed by atoms with Crippen molar-refractivity contribution in [3.05, 3.63) is 39.9 Å². The fourth-order valence-electron chi connectivity index (χ4n) is 2.21. The molecule has 0 radical (unpaired) electrons. The summed E-state index contributed by atoms with van der Waals surface area (Å²) in [5.74, 6) is -2.21. The van der Waals surface area contributed by atoms with Crippen LogP contribution >= 0.6 is 0 Å². The molecule has 1 aliphatic rings. The number of nitro groups is 1. The molecule has 0 amide bonds. The van der Waals surface area contributed by atoms with Gasteiger partial charge in [-0.3, -0.25) is 10.1 Å². The van der Waals surface area contributed by atoms with E-state index in [-0.39, 0.29) is 30.2 Å². The monoisotopic (exact) mass is 331 g/mol. The quantitative estimate of drug-likeness (QED) is 0.599. The lowest BCUT2D eigenvalue weighted by Gasteiger charge is -2.28. The number of hydrogen-bond donors (Lipinski definition) is 1. The fraction of sp³-hybridized carbons (Fsp3) is 0.538. The van der Waals surface area contributed by atoms with Gasteiger partial charge in [-0.15, -0.1) is 0 Å². The van der Waals surface area contributed by atoms with Crippen LogP contribution in [0.3, 0.4) is 0 Å². The summed E-state index contributed by atoms with van der Waals surface area (Å²) in [5, 5.41) is 20.1. The number of sulfone groups is 1. The molecule has 9 heteroatoms. The molecule has 122 valence electrons. The number of nitro benzene ring substituents is 1. The van der Waals surface area contributed by atoms with Gasteiger partial charge in [0.05, 0.1) is 18.1 Å². The average Bonchev–Trinajstić information content (AvgIpc) is 2.91. The Morgan fingerprint density at radius 2 is 2.23 bits per heavy atom. The minimum Gasteiger partial charge on any atom is -0.394 e. The lowest BCUT2D eigenvalue weighted by molar-refractivity contribution is -0.385. The number of non-ortho nitro benzene ring substituents is 1. The van der Waals surface area contributed by atoms with Crippen LogP contribution in [-0.2, 0) is 25.1 Å². The second-order valence-electron chi connectivity index (χ2n) is 4.97. The molecule has 2 atom stereocenters. The summed E-state index contributed by atoms with van der Waals surface area (Å²) in [7, 11) is -3.48. The highest BCUT2D eigenvalue weighted by Gasteiger charge is 2.46. The maximum atomic E-state index is 12.0. The van der Waals surface area contributed by atoms with Gasteiger partial charge in [-0.05, 0) is 0 Å². The zero-order valence-electron chi connectivity index (χ0n) is 12.0. The van der Waals surface area contributed by atoms with E-state index < -0.39 is 32.4 Å². The van der Waals surface area contributed by atoms with E-state index in [1.807, 2.05) is 0 Å². The lowest BCUT2D eigenvalue weighted by Crippen LogP contribution is -2.37. The van der Waals surface area contributed by atoms with Crippen molar-refractivity contribution in [1.29, 1.82) is 0 Å². The topological polar surface area (TPSA) is 116 Å². The molecule has 2 rings (SSSR count). The molecule has 0 aliphatic carbocycles. The van der Waals surface area contributed by atoms with Gasteiger partial charge in [0.15, 0.2) is 9.84 Å². The van der Waals surface area contributed by atoms with Gasteiger partial charge in [-0.25, -0.2) is 8.42 Å². The Morgan fingerprint density at radius 1 is 1.50 bits per heavy atom. The van der Waals surface area contributed by atoms with Crippen molar-refractivity contribution in [1.82, 2.24) is 0 Å². The van der Waals surface area contributed by atoms with Gasteiger partial charge in [0.1, 0.15) is 11.9 Å². The van der Waals surface area contributed by atoms with E-state index in [0.29, 0.717) is 0 Å². The van der Waals surface area contributed by atoms with Crippen molar-refractivity contribution in [2.75, 3.05) is 24.7 Å². The first-order chi connectivity index (χ1) is 10.3. The third kappa shape index (κ3) is 3.43. The summed E-state index contributed by atoms with van der Waals surface area (Å²) < 4.78 is 35.1. The second-order valence-corrected chi connectivity index (χ2v) is 7.32.